The molecule has 0 fully saturated rings. The van der Waals surface area contributed by atoms with Gasteiger partial charge in [0, 0.05) is 24.2 Å². The predicted molar refractivity (Wildman–Crippen MR) is 94.2 cm³/mol. The van der Waals surface area contributed by atoms with Crippen molar-refractivity contribution >= 4 is 23.3 Å². The van der Waals surface area contributed by atoms with Crippen LogP contribution >= 0.6 is 0 Å². The molecule has 3 N–H and O–H groups in total. The van der Waals surface area contributed by atoms with E-state index in [0.29, 0.717) is 23.3 Å². The van der Waals surface area contributed by atoms with Crippen molar-refractivity contribution in [2.24, 2.45) is 0 Å². The van der Waals surface area contributed by atoms with Crippen LogP contribution in [0.2, 0.25) is 0 Å². The van der Waals surface area contributed by atoms with Crippen LogP contribution in [0.3, 0.4) is 0 Å². The molecule has 9 heteroatoms. The smallest absolute Gasteiger partial charge is 0.358 e. The summed E-state index contributed by atoms with van der Waals surface area (Å²) >= 11 is 0. The maximum Gasteiger partial charge on any atom is 0.358 e. The van der Waals surface area contributed by atoms with Gasteiger partial charge >= 0.3 is 5.97 Å². The van der Waals surface area contributed by atoms with Crippen LogP contribution in [-0.2, 0) is 25.5 Å². The van der Waals surface area contributed by atoms with Crippen molar-refractivity contribution < 1.29 is 34.2 Å². The highest BCUT2D eigenvalue weighted by molar-refractivity contribution is 5.91. The van der Waals surface area contributed by atoms with Crippen molar-refractivity contribution in [3.63, 3.8) is 0 Å². The Morgan fingerprint density at radius 3 is 2.22 bits per heavy atom. The summed E-state index contributed by atoms with van der Waals surface area (Å²) in [5.74, 6) is -2.16. The van der Waals surface area contributed by atoms with Gasteiger partial charge in [-0.15, -0.1) is 4.73 Å². The van der Waals surface area contributed by atoms with Crippen LogP contribution < -0.4 is 10.2 Å². The lowest BCUT2D eigenvalue weighted by Gasteiger charge is -2.08. The zero-order chi connectivity index (χ0) is 19.8. The number of amides is 1. The van der Waals surface area contributed by atoms with E-state index in [1.54, 1.807) is 12.1 Å². The van der Waals surface area contributed by atoms with Crippen molar-refractivity contribution in [1.82, 2.24) is 4.73 Å². The van der Waals surface area contributed by atoms with E-state index in [-0.39, 0.29) is 12.4 Å². The third-order valence-electron chi connectivity index (χ3n) is 3.45. The van der Waals surface area contributed by atoms with Gasteiger partial charge in [0.1, 0.15) is 19.0 Å². The highest BCUT2D eigenvalue weighted by Gasteiger charge is 2.13. The normalized spacial score (nSPS) is 10.4. The molecule has 0 spiro atoms. The summed E-state index contributed by atoms with van der Waals surface area (Å²) in [4.78, 5) is 39.0. The van der Waals surface area contributed by atoms with Crippen LogP contribution in [0.5, 0.6) is 11.8 Å². The monoisotopic (exact) mass is 376 g/mol. The van der Waals surface area contributed by atoms with E-state index in [1.165, 1.54) is 6.92 Å². The fourth-order valence-electron chi connectivity index (χ4n) is 2.12. The number of ketones is 1. The lowest BCUT2D eigenvalue weighted by atomic mass is 10.1. The van der Waals surface area contributed by atoms with Gasteiger partial charge in [-0.2, -0.15) is 0 Å². The zero-order valence-electron chi connectivity index (χ0n) is 14.7. The van der Waals surface area contributed by atoms with Gasteiger partial charge in [0.05, 0.1) is 0 Å². The number of rotatable bonds is 9. The second-order valence-electron chi connectivity index (χ2n) is 5.75. The number of benzene rings is 1. The third-order valence-corrected chi connectivity index (χ3v) is 3.45. The second kappa shape index (κ2) is 9.39. The summed E-state index contributed by atoms with van der Waals surface area (Å²) in [5, 5.41) is 21.3. The molecule has 0 saturated heterocycles. The largest absolute Gasteiger partial charge is 0.492 e. The molecule has 1 heterocycles. The van der Waals surface area contributed by atoms with Crippen molar-refractivity contribution in [3.05, 3.63) is 42.0 Å². The molecule has 2 aromatic rings. The Balaban J connectivity index is 1.71. The Morgan fingerprint density at radius 2 is 1.63 bits per heavy atom. The minimum atomic E-state index is -0.903. The number of ether oxygens (including phenoxy) is 1. The van der Waals surface area contributed by atoms with Crippen LogP contribution in [0.15, 0.2) is 36.4 Å². The van der Waals surface area contributed by atoms with Crippen molar-refractivity contribution in [2.75, 3.05) is 18.5 Å². The first-order valence-corrected chi connectivity index (χ1v) is 8.12. The summed E-state index contributed by atoms with van der Waals surface area (Å²) in [6, 6.07) is 9.32. The molecule has 1 aromatic heterocycles. The molecule has 0 unspecified atom stereocenters. The molecule has 9 nitrogen and oxygen atoms in total. The number of carbonyl (C=O) groups excluding carboxylic acids is 3. The molecule has 0 aliphatic carbocycles. The number of nitrogens with zero attached hydrogens (tertiary/aromatic N) is 1. The number of aromatic nitrogens is 1. The lowest BCUT2D eigenvalue weighted by Crippen LogP contribution is -2.26. The Labute approximate surface area is 155 Å². The SMILES string of the molecule is CC(=O)CCc1ccc(NC(=O)COCC(=O)On2c(O)ccc2O)cc1. The number of nitrogens with one attached hydrogen (secondary N) is 1. The van der Waals surface area contributed by atoms with E-state index in [9.17, 15) is 24.6 Å². The Bertz CT molecular complexity index is 792. The third kappa shape index (κ3) is 6.48. The van der Waals surface area contributed by atoms with Crippen LogP contribution in [0.4, 0.5) is 5.69 Å². The number of anilines is 1. The highest BCUT2D eigenvalue weighted by Crippen LogP contribution is 2.18. The lowest BCUT2D eigenvalue weighted by molar-refractivity contribution is -0.151. The first-order chi connectivity index (χ1) is 12.8. The molecule has 2 rings (SSSR count). The van der Waals surface area contributed by atoms with Crippen LogP contribution in [0, 0.1) is 0 Å². The molecule has 1 aromatic carbocycles. The molecule has 0 aliphatic heterocycles. The Morgan fingerprint density at radius 1 is 1.00 bits per heavy atom. The maximum absolute atomic E-state index is 11.8. The summed E-state index contributed by atoms with van der Waals surface area (Å²) in [7, 11) is 0. The molecule has 0 saturated carbocycles. The average molecular weight is 376 g/mol. The molecule has 27 heavy (non-hydrogen) atoms. The van der Waals surface area contributed by atoms with E-state index >= 15 is 0 Å². The van der Waals surface area contributed by atoms with Crippen molar-refractivity contribution in [1.29, 1.82) is 0 Å². The number of carbonyl (C=O) groups is 3. The predicted octanol–water partition coefficient (Wildman–Crippen LogP) is 1.03. The van der Waals surface area contributed by atoms with Gasteiger partial charge in [-0.3, -0.25) is 4.79 Å². The summed E-state index contributed by atoms with van der Waals surface area (Å²) in [6.07, 6.45) is 1.11. The minimum absolute atomic E-state index is 0.116. The first-order valence-electron chi connectivity index (χ1n) is 8.12. The summed E-state index contributed by atoms with van der Waals surface area (Å²) in [5.41, 5.74) is 1.54. The van der Waals surface area contributed by atoms with E-state index in [0.717, 1.165) is 17.7 Å². The molecule has 144 valence electrons. The minimum Gasteiger partial charge on any atom is -0.492 e. The topological polar surface area (TPSA) is 127 Å². The van der Waals surface area contributed by atoms with Gasteiger partial charge in [-0.1, -0.05) is 12.1 Å². The summed E-state index contributed by atoms with van der Waals surface area (Å²) in [6.45, 7) is 0.605. The van der Waals surface area contributed by atoms with Gasteiger partial charge in [0.2, 0.25) is 17.7 Å². The highest BCUT2D eigenvalue weighted by atomic mass is 16.7. The fourth-order valence-corrected chi connectivity index (χ4v) is 2.12. The zero-order valence-corrected chi connectivity index (χ0v) is 14.7. The van der Waals surface area contributed by atoms with Gasteiger partial charge in [0.15, 0.2) is 0 Å². The van der Waals surface area contributed by atoms with E-state index in [2.05, 4.69) is 10.2 Å². The summed E-state index contributed by atoms with van der Waals surface area (Å²) < 4.78 is 5.47. The maximum atomic E-state index is 11.8. The molecular weight excluding hydrogens is 356 g/mol. The van der Waals surface area contributed by atoms with Gasteiger partial charge in [0.25, 0.3) is 0 Å². The number of hydrogen-bond acceptors (Lipinski definition) is 7. The van der Waals surface area contributed by atoms with Crippen molar-refractivity contribution in [3.8, 4) is 11.8 Å². The average Bonchev–Trinajstić information content (AvgIpc) is 2.93. The van der Waals surface area contributed by atoms with E-state index in [4.69, 9.17) is 4.74 Å². The van der Waals surface area contributed by atoms with Crippen molar-refractivity contribution in [2.45, 2.75) is 19.8 Å². The number of aromatic hydroxyl groups is 2. The molecule has 0 bridgehead atoms. The molecule has 1 amide bonds. The Hall–Kier alpha value is -3.33. The number of hydrogen-bond donors (Lipinski definition) is 3. The van der Waals surface area contributed by atoms with E-state index in [1.807, 2.05) is 12.1 Å². The molecule has 0 aliphatic rings. The second-order valence-corrected chi connectivity index (χ2v) is 5.75. The van der Waals surface area contributed by atoms with Crippen LogP contribution in [-0.4, -0.2) is 45.8 Å². The number of aryl methyl sites for hydroxylation is 1. The Kier molecular flexibility index (Phi) is 6.95. The van der Waals surface area contributed by atoms with Crippen LogP contribution in [0.25, 0.3) is 0 Å². The van der Waals surface area contributed by atoms with Crippen LogP contribution in [0.1, 0.15) is 18.9 Å². The standard InChI is InChI=1S/C18H20N2O7/c1-12(21)2-3-13-4-6-14(7-5-13)19-15(22)10-26-11-18(25)27-20-16(23)8-9-17(20)24/h4-9,23-24H,2-3,10-11H2,1H3,(H,19,22). The van der Waals surface area contributed by atoms with E-state index < -0.39 is 30.2 Å². The number of Topliss-reactive ketones (excluding diaryl/α,β-unsaturated/α-hetero) is 1. The van der Waals surface area contributed by atoms with Gasteiger partial charge < -0.3 is 29.9 Å². The quantitative estimate of drug-likeness (QED) is 0.596. The fraction of sp³-hybridized carbons (Fsp3) is 0.278. The molecule has 0 atom stereocenters. The molecule has 0 radical (unpaired) electrons. The molecular formula is C18H20N2O7. The van der Waals surface area contributed by atoms with Gasteiger partial charge in [-0.25, -0.2) is 4.79 Å². The van der Waals surface area contributed by atoms with Gasteiger partial charge in [-0.05, 0) is 31.0 Å². The first kappa shape index (κ1) is 20.0.